The van der Waals surface area contributed by atoms with Crippen molar-refractivity contribution in [2.75, 3.05) is 26.3 Å². The zero-order valence-electron chi connectivity index (χ0n) is 13.6. The van der Waals surface area contributed by atoms with Crippen LogP contribution in [0.3, 0.4) is 0 Å². The van der Waals surface area contributed by atoms with Crippen LogP contribution in [-0.2, 0) is 9.53 Å². The summed E-state index contributed by atoms with van der Waals surface area (Å²) >= 11 is 0. The molecule has 1 unspecified atom stereocenters. The van der Waals surface area contributed by atoms with Gasteiger partial charge >= 0.3 is 0 Å². The van der Waals surface area contributed by atoms with E-state index in [1.165, 1.54) is 12.1 Å². The minimum absolute atomic E-state index is 0.158. The van der Waals surface area contributed by atoms with Crippen LogP contribution in [0.1, 0.15) is 44.6 Å². The first-order valence-electron chi connectivity index (χ1n) is 8.26. The van der Waals surface area contributed by atoms with E-state index >= 15 is 0 Å². The lowest BCUT2D eigenvalue weighted by Gasteiger charge is -2.31. The van der Waals surface area contributed by atoms with Gasteiger partial charge in [-0.2, -0.15) is 0 Å². The molecular weight excluding hydrogens is 281 g/mol. The lowest BCUT2D eigenvalue weighted by molar-refractivity contribution is -0.136. The SMILES string of the molecule is CCC(CC)C(CC(=O)N1CCOCC1)c1ccc(F)cc1. The largest absolute Gasteiger partial charge is 0.378 e. The van der Waals surface area contributed by atoms with Gasteiger partial charge in [-0.05, 0) is 29.5 Å². The zero-order chi connectivity index (χ0) is 15.9. The van der Waals surface area contributed by atoms with Gasteiger partial charge in [0, 0.05) is 19.5 Å². The lowest BCUT2D eigenvalue weighted by atomic mass is 9.80. The second-order valence-corrected chi connectivity index (χ2v) is 5.93. The second-order valence-electron chi connectivity index (χ2n) is 5.93. The number of carbonyl (C=O) groups excluding carboxylic acids is 1. The van der Waals surface area contributed by atoms with Gasteiger partial charge in [-0.15, -0.1) is 0 Å². The topological polar surface area (TPSA) is 29.5 Å². The van der Waals surface area contributed by atoms with Gasteiger partial charge in [-0.1, -0.05) is 38.8 Å². The molecule has 0 spiro atoms. The minimum Gasteiger partial charge on any atom is -0.378 e. The highest BCUT2D eigenvalue weighted by Gasteiger charge is 2.26. The van der Waals surface area contributed by atoms with Gasteiger partial charge in [0.2, 0.25) is 5.91 Å². The summed E-state index contributed by atoms with van der Waals surface area (Å²) in [5.74, 6) is 0.553. The molecule has 0 aliphatic carbocycles. The summed E-state index contributed by atoms with van der Waals surface area (Å²) in [5.41, 5.74) is 1.07. The summed E-state index contributed by atoms with van der Waals surface area (Å²) in [6, 6.07) is 6.63. The molecule has 0 saturated carbocycles. The molecule has 122 valence electrons. The predicted molar refractivity (Wildman–Crippen MR) is 85.2 cm³/mol. The van der Waals surface area contributed by atoms with Crippen molar-refractivity contribution in [3.63, 3.8) is 0 Å². The maximum absolute atomic E-state index is 13.2. The molecule has 0 aromatic heterocycles. The Balaban J connectivity index is 2.13. The first kappa shape index (κ1) is 16.9. The lowest BCUT2D eigenvalue weighted by Crippen LogP contribution is -2.41. The van der Waals surface area contributed by atoms with Crippen molar-refractivity contribution >= 4 is 5.91 Å². The predicted octanol–water partition coefficient (Wildman–Crippen LogP) is 3.59. The summed E-state index contributed by atoms with van der Waals surface area (Å²) in [6.45, 7) is 6.92. The molecule has 1 atom stereocenters. The number of carbonyl (C=O) groups is 1. The van der Waals surface area contributed by atoms with Crippen LogP contribution in [0.2, 0.25) is 0 Å². The standard InChI is InChI=1S/C18H26FNO2/c1-3-14(4-2)17(15-5-7-16(19)8-6-15)13-18(21)20-9-11-22-12-10-20/h5-8,14,17H,3-4,9-13H2,1-2H3. The molecule has 1 aromatic carbocycles. The van der Waals surface area contributed by atoms with E-state index in [2.05, 4.69) is 13.8 Å². The molecule has 22 heavy (non-hydrogen) atoms. The molecule has 1 aromatic rings. The molecule has 4 heteroatoms. The first-order valence-corrected chi connectivity index (χ1v) is 8.26. The van der Waals surface area contributed by atoms with Crippen molar-refractivity contribution in [1.29, 1.82) is 0 Å². The highest BCUT2D eigenvalue weighted by Crippen LogP contribution is 2.33. The average Bonchev–Trinajstić information content (AvgIpc) is 2.56. The fourth-order valence-electron chi connectivity index (χ4n) is 3.25. The van der Waals surface area contributed by atoms with Crippen LogP contribution in [-0.4, -0.2) is 37.1 Å². The number of amides is 1. The smallest absolute Gasteiger partial charge is 0.223 e. The van der Waals surface area contributed by atoms with E-state index < -0.39 is 0 Å². The summed E-state index contributed by atoms with van der Waals surface area (Å²) in [7, 11) is 0. The number of rotatable bonds is 6. The van der Waals surface area contributed by atoms with Crippen molar-refractivity contribution in [1.82, 2.24) is 4.90 Å². The van der Waals surface area contributed by atoms with Gasteiger partial charge in [0.15, 0.2) is 0 Å². The second kappa shape index (κ2) is 8.28. The van der Waals surface area contributed by atoms with Gasteiger partial charge in [-0.25, -0.2) is 4.39 Å². The Labute approximate surface area is 132 Å². The van der Waals surface area contributed by atoms with Gasteiger partial charge in [0.25, 0.3) is 0 Å². The Hall–Kier alpha value is -1.42. The van der Waals surface area contributed by atoms with E-state index in [0.717, 1.165) is 18.4 Å². The monoisotopic (exact) mass is 307 g/mol. The Kier molecular flexibility index (Phi) is 6.37. The summed E-state index contributed by atoms with van der Waals surface area (Å²) < 4.78 is 18.5. The summed E-state index contributed by atoms with van der Waals surface area (Å²) in [4.78, 5) is 14.5. The molecule has 0 bridgehead atoms. The number of halogens is 1. The number of ether oxygens (including phenoxy) is 1. The van der Waals surface area contributed by atoms with E-state index in [1.54, 1.807) is 0 Å². The number of nitrogens with zero attached hydrogens (tertiary/aromatic N) is 1. The number of hydrogen-bond acceptors (Lipinski definition) is 2. The Bertz CT molecular complexity index is 464. The molecule has 1 aliphatic heterocycles. The van der Waals surface area contributed by atoms with Crippen LogP contribution in [0.15, 0.2) is 24.3 Å². The van der Waals surface area contributed by atoms with Crippen molar-refractivity contribution < 1.29 is 13.9 Å². The number of benzene rings is 1. The molecule has 0 radical (unpaired) electrons. The normalized spacial score (nSPS) is 16.8. The minimum atomic E-state index is -0.230. The van der Waals surface area contributed by atoms with Crippen LogP contribution in [0.4, 0.5) is 4.39 Å². The van der Waals surface area contributed by atoms with Gasteiger partial charge in [0.1, 0.15) is 5.82 Å². The molecule has 3 nitrogen and oxygen atoms in total. The van der Waals surface area contributed by atoms with Crippen molar-refractivity contribution in [3.05, 3.63) is 35.6 Å². The molecule has 1 fully saturated rings. The molecule has 0 N–H and O–H groups in total. The highest BCUT2D eigenvalue weighted by atomic mass is 19.1. The maximum Gasteiger partial charge on any atom is 0.223 e. The molecular formula is C18H26FNO2. The third-order valence-corrected chi connectivity index (χ3v) is 4.67. The molecule has 1 aliphatic rings. The van der Waals surface area contributed by atoms with Crippen LogP contribution in [0.5, 0.6) is 0 Å². The molecule has 1 amide bonds. The fraction of sp³-hybridized carbons (Fsp3) is 0.611. The van der Waals surface area contributed by atoms with Crippen molar-refractivity contribution in [2.45, 2.75) is 39.0 Å². The third kappa shape index (κ3) is 4.29. The summed E-state index contributed by atoms with van der Waals surface area (Å²) in [6.07, 6.45) is 2.54. The molecule has 1 heterocycles. The van der Waals surface area contributed by atoms with E-state index in [9.17, 15) is 9.18 Å². The molecule has 1 saturated heterocycles. The van der Waals surface area contributed by atoms with E-state index in [4.69, 9.17) is 4.74 Å². The van der Waals surface area contributed by atoms with E-state index in [1.807, 2.05) is 17.0 Å². The van der Waals surface area contributed by atoms with Crippen molar-refractivity contribution in [3.8, 4) is 0 Å². The first-order chi connectivity index (χ1) is 10.7. The Morgan fingerprint density at radius 3 is 2.32 bits per heavy atom. The number of morpholine rings is 1. The van der Waals surface area contributed by atoms with E-state index in [-0.39, 0.29) is 17.6 Å². The van der Waals surface area contributed by atoms with Crippen LogP contribution in [0, 0.1) is 11.7 Å². The summed E-state index contributed by atoms with van der Waals surface area (Å²) in [5, 5.41) is 0. The fourth-order valence-corrected chi connectivity index (χ4v) is 3.25. The van der Waals surface area contributed by atoms with Gasteiger partial charge in [0.05, 0.1) is 13.2 Å². The van der Waals surface area contributed by atoms with Gasteiger partial charge < -0.3 is 9.64 Å². The maximum atomic E-state index is 13.2. The zero-order valence-corrected chi connectivity index (χ0v) is 13.6. The van der Waals surface area contributed by atoms with Crippen molar-refractivity contribution in [2.24, 2.45) is 5.92 Å². The van der Waals surface area contributed by atoms with Crippen LogP contribution < -0.4 is 0 Å². The molecule has 2 rings (SSSR count). The quantitative estimate of drug-likeness (QED) is 0.804. The average molecular weight is 307 g/mol. The highest BCUT2D eigenvalue weighted by molar-refractivity contribution is 5.77. The van der Waals surface area contributed by atoms with Gasteiger partial charge in [-0.3, -0.25) is 4.79 Å². The number of hydrogen-bond donors (Lipinski definition) is 0. The van der Waals surface area contributed by atoms with E-state index in [0.29, 0.717) is 38.6 Å². The van der Waals surface area contributed by atoms with Crippen LogP contribution >= 0.6 is 0 Å². The van der Waals surface area contributed by atoms with Crippen LogP contribution in [0.25, 0.3) is 0 Å². The third-order valence-electron chi connectivity index (χ3n) is 4.67. The Morgan fingerprint density at radius 2 is 1.77 bits per heavy atom. The Morgan fingerprint density at radius 1 is 1.18 bits per heavy atom.